The predicted molar refractivity (Wildman–Crippen MR) is 86.5 cm³/mol. The Labute approximate surface area is 131 Å². The predicted octanol–water partition coefficient (Wildman–Crippen LogP) is 2.97. The number of benzene rings is 1. The molecule has 0 aromatic heterocycles. The molecular formula is C18H24N2O2. The maximum absolute atomic E-state index is 12.5. The Balaban J connectivity index is 1.54. The van der Waals surface area contributed by atoms with Crippen LogP contribution in [0.1, 0.15) is 37.7 Å². The van der Waals surface area contributed by atoms with Crippen LogP contribution >= 0.6 is 0 Å². The second kappa shape index (κ2) is 6.51. The number of carbonyl (C=O) groups excluding carboxylic acids is 2. The number of aryl methyl sites for hydroxylation is 1. The molecule has 1 aliphatic heterocycles. The Morgan fingerprint density at radius 2 is 1.82 bits per heavy atom. The van der Waals surface area contributed by atoms with Crippen LogP contribution in [0.5, 0.6) is 0 Å². The molecule has 2 fully saturated rings. The maximum Gasteiger partial charge on any atom is 0.228 e. The van der Waals surface area contributed by atoms with Crippen LogP contribution < -0.4 is 5.32 Å². The first-order valence-corrected chi connectivity index (χ1v) is 8.31. The fourth-order valence-corrected chi connectivity index (χ4v) is 3.24. The Morgan fingerprint density at radius 1 is 1.09 bits per heavy atom. The molecule has 1 saturated carbocycles. The van der Waals surface area contributed by atoms with E-state index >= 15 is 0 Å². The highest BCUT2D eigenvalue weighted by Crippen LogP contribution is 2.41. The molecule has 1 aliphatic carbocycles. The average molecular weight is 300 g/mol. The van der Waals surface area contributed by atoms with E-state index < -0.39 is 0 Å². The standard InChI is InChI=1S/C18H24N2O2/c1-13-7-6-8-14(11-13)19-17(21)15-12-16(15)18(22)20-9-4-2-3-5-10-20/h6-8,11,15-16H,2-5,9-10,12H2,1H3,(H,19,21). The van der Waals surface area contributed by atoms with Gasteiger partial charge >= 0.3 is 0 Å². The van der Waals surface area contributed by atoms with E-state index in [1.165, 1.54) is 12.8 Å². The smallest absolute Gasteiger partial charge is 0.228 e. The number of rotatable bonds is 3. The minimum Gasteiger partial charge on any atom is -0.342 e. The van der Waals surface area contributed by atoms with Crippen LogP contribution in [0.4, 0.5) is 5.69 Å². The van der Waals surface area contributed by atoms with Crippen molar-refractivity contribution in [2.24, 2.45) is 11.8 Å². The monoisotopic (exact) mass is 300 g/mol. The zero-order chi connectivity index (χ0) is 15.5. The van der Waals surface area contributed by atoms with E-state index in [2.05, 4.69) is 5.32 Å². The van der Waals surface area contributed by atoms with Crippen molar-refractivity contribution in [2.45, 2.75) is 39.0 Å². The van der Waals surface area contributed by atoms with E-state index in [1.54, 1.807) is 0 Å². The summed E-state index contributed by atoms with van der Waals surface area (Å²) in [5.41, 5.74) is 1.93. The van der Waals surface area contributed by atoms with Crippen molar-refractivity contribution in [1.82, 2.24) is 4.90 Å². The lowest BCUT2D eigenvalue weighted by Crippen LogP contribution is -2.34. The minimum atomic E-state index is -0.142. The fraction of sp³-hybridized carbons (Fsp3) is 0.556. The molecular weight excluding hydrogens is 276 g/mol. The summed E-state index contributed by atoms with van der Waals surface area (Å²) in [4.78, 5) is 26.7. The molecule has 3 rings (SSSR count). The molecule has 1 saturated heterocycles. The van der Waals surface area contributed by atoms with Crippen molar-refractivity contribution >= 4 is 17.5 Å². The normalized spacial score (nSPS) is 24.5. The number of likely N-dealkylation sites (tertiary alicyclic amines) is 1. The summed E-state index contributed by atoms with van der Waals surface area (Å²) in [6.07, 6.45) is 5.32. The molecule has 2 aliphatic rings. The third-order valence-electron chi connectivity index (χ3n) is 4.65. The zero-order valence-electron chi connectivity index (χ0n) is 13.2. The molecule has 4 heteroatoms. The van der Waals surface area contributed by atoms with Crippen LogP contribution in [-0.4, -0.2) is 29.8 Å². The first-order valence-electron chi connectivity index (χ1n) is 8.31. The molecule has 1 N–H and O–H groups in total. The first-order chi connectivity index (χ1) is 10.6. The summed E-state index contributed by atoms with van der Waals surface area (Å²) in [5.74, 6) is -0.0655. The first kappa shape index (κ1) is 15.1. The molecule has 1 aromatic rings. The lowest BCUT2D eigenvalue weighted by atomic mass is 10.2. The average Bonchev–Trinajstić information content (AvgIpc) is 3.31. The molecule has 2 amide bonds. The van der Waals surface area contributed by atoms with Gasteiger partial charge in [-0.2, -0.15) is 0 Å². The molecule has 0 radical (unpaired) electrons. The van der Waals surface area contributed by atoms with Crippen molar-refractivity contribution in [3.63, 3.8) is 0 Å². The highest BCUT2D eigenvalue weighted by atomic mass is 16.2. The van der Waals surface area contributed by atoms with Crippen LogP contribution in [0.15, 0.2) is 24.3 Å². The summed E-state index contributed by atoms with van der Waals surface area (Å²) in [6, 6.07) is 7.76. The van der Waals surface area contributed by atoms with Crippen LogP contribution in [-0.2, 0) is 9.59 Å². The third kappa shape index (κ3) is 3.49. The Morgan fingerprint density at radius 3 is 2.50 bits per heavy atom. The lowest BCUT2D eigenvalue weighted by Gasteiger charge is -2.20. The van der Waals surface area contributed by atoms with Gasteiger partial charge in [0.25, 0.3) is 0 Å². The van der Waals surface area contributed by atoms with Gasteiger partial charge < -0.3 is 10.2 Å². The van der Waals surface area contributed by atoms with Gasteiger partial charge in [-0.25, -0.2) is 0 Å². The number of carbonyl (C=O) groups is 2. The van der Waals surface area contributed by atoms with Crippen molar-refractivity contribution in [3.8, 4) is 0 Å². The molecule has 0 bridgehead atoms. The quantitative estimate of drug-likeness (QED) is 0.933. The highest BCUT2D eigenvalue weighted by Gasteiger charge is 2.49. The number of nitrogens with zero attached hydrogens (tertiary/aromatic N) is 1. The van der Waals surface area contributed by atoms with Crippen LogP contribution in [0.25, 0.3) is 0 Å². The molecule has 0 spiro atoms. The fourth-order valence-electron chi connectivity index (χ4n) is 3.24. The number of nitrogens with one attached hydrogen (secondary N) is 1. The zero-order valence-corrected chi connectivity index (χ0v) is 13.2. The van der Waals surface area contributed by atoms with Gasteiger partial charge in [-0.3, -0.25) is 9.59 Å². The summed E-state index contributed by atoms with van der Waals surface area (Å²) >= 11 is 0. The number of anilines is 1. The van der Waals surface area contributed by atoms with Gasteiger partial charge in [0.1, 0.15) is 0 Å². The number of amides is 2. The van der Waals surface area contributed by atoms with Gasteiger partial charge in [-0.15, -0.1) is 0 Å². The van der Waals surface area contributed by atoms with Crippen LogP contribution in [0.3, 0.4) is 0 Å². The van der Waals surface area contributed by atoms with E-state index in [9.17, 15) is 9.59 Å². The van der Waals surface area contributed by atoms with Gasteiger partial charge in [0, 0.05) is 18.8 Å². The lowest BCUT2D eigenvalue weighted by molar-refractivity contribution is -0.134. The van der Waals surface area contributed by atoms with Crippen molar-refractivity contribution in [2.75, 3.05) is 18.4 Å². The van der Waals surface area contributed by atoms with Crippen LogP contribution in [0.2, 0.25) is 0 Å². The van der Waals surface area contributed by atoms with Crippen molar-refractivity contribution < 1.29 is 9.59 Å². The molecule has 2 unspecified atom stereocenters. The molecule has 22 heavy (non-hydrogen) atoms. The van der Waals surface area contributed by atoms with Gasteiger partial charge in [-0.05, 0) is 43.9 Å². The van der Waals surface area contributed by atoms with Crippen molar-refractivity contribution in [3.05, 3.63) is 29.8 Å². The van der Waals surface area contributed by atoms with Gasteiger partial charge in [0.15, 0.2) is 0 Å². The van der Waals surface area contributed by atoms with E-state index in [4.69, 9.17) is 0 Å². The molecule has 1 aromatic carbocycles. The van der Waals surface area contributed by atoms with Gasteiger partial charge in [-0.1, -0.05) is 25.0 Å². The SMILES string of the molecule is Cc1cccc(NC(=O)C2CC2C(=O)N2CCCCCC2)c1. The molecule has 118 valence electrons. The van der Waals surface area contributed by atoms with E-state index in [0.717, 1.165) is 37.2 Å². The second-order valence-corrected chi connectivity index (χ2v) is 6.55. The summed E-state index contributed by atoms with van der Waals surface area (Å²) < 4.78 is 0. The summed E-state index contributed by atoms with van der Waals surface area (Å²) in [5, 5.41) is 2.94. The Hall–Kier alpha value is -1.84. The van der Waals surface area contributed by atoms with E-state index in [-0.39, 0.29) is 23.7 Å². The number of hydrogen-bond donors (Lipinski definition) is 1. The van der Waals surface area contributed by atoms with Gasteiger partial charge in [0.2, 0.25) is 11.8 Å². The number of hydrogen-bond acceptors (Lipinski definition) is 2. The van der Waals surface area contributed by atoms with E-state index in [0.29, 0.717) is 6.42 Å². The minimum absolute atomic E-state index is 0.0150. The van der Waals surface area contributed by atoms with Crippen LogP contribution in [0, 0.1) is 18.8 Å². The Bertz CT molecular complexity index is 562. The molecule has 1 heterocycles. The maximum atomic E-state index is 12.5. The topological polar surface area (TPSA) is 49.4 Å². The largest absolute Gasteiger partial charge is 0.342 e. The molecule has 4 nitrogen and oxygen atoms in total. The second-order valence-electron chi connectivity index (χ2n) is 6.55. The summed E-state index contributed by atoms with van der Waals surface area (Å²) in [7, 11) is 0. The van der Waals surface area contributed by atoms with Crippen molar-refractivity contribution in [1.29, 1.82) is 0 Å². The highest BCUT2D eigenvalue weighted by molar-refractivity contribution is 5.99. The van der Waals surface area contributed by atoms with Gasteiger partial charge in [0.05, 0.1) is 11.8 Å². The molecule has 2 atom stereocenters. The third-order valence-corrected chi connectivity index (χ3v) is 4.65. The van der Waals surface area contributed by atoms with E-state index in [1.807, 2.05) is 36.1 Å². The summed E-state index contributed by atoms with van der Waals surface area (Å²) in [6.45, 7) is 3.72. The Kier molecular flexibility index (Phi) is 4.46.